The summed E-state index contributed by atoms with van der Waals surface area (Å²) in [6.07, 6.45) is 2.38. The fourth-order valence-electron chi connectivity index (χ4n) is 1.94. The van der Waals surface area contributed by atoms with E-state index in [-0.39, 0.29) is 18.4 Å². The number of thioether (sulfide) groups is 1. The zero-order chi connectivity index (χ0) is 16.0. The van der Waals surface area contributed by atoms with Gasteiger partial charge in [0, 0.05) is 23.5 Å². The van der Waals surface area contributed by atoms with Gasteiger partial charge in [-0.1, -0.05) is 26.8 Å². The Morgan fingerprint density at radius 1 is 1.29 bits per heavy atom. The van der Waals surface area contributed by atoms with Crippen LogP contribution in [0.2, 0.25) is 0 Å². The van der Waals surface area contributed by atoms with E-state index in [0.717, 1.165) is 10.6 Å². The lowest BCUT2D eigenvalue weighted by molar-refractivity contribution is -0.140. The van der Waals surface area contributed by atoms with Crippen molar-refractivity contribution < 1.29 is 14.7 Å². The Balaban J connectivity index is 3.04. The molecule has 0 saturated carbocycles. The molecule has 0 aliphatic rings. The Labute approximate surface area is 130 Å². The molecule has 0 bridgehead atoms. The highest BCUT2D eigenvalue weighted by Gasteiger charge is 2.22. The van der Waals surface area contributed by atoms with E-state index in [1.807, 2.05) is 44.4 Å². The van der Waals surface area contributed by atoms with Crippen LogP contribution >= 0.6 is 11.8 Å². The summed E-state index contributed by atoms with van der Waals surface area (Å²) in [4.78, 5) is 26.2. The first-order chi connectivity index (χ1) is 9.85. The van der Waals surface area contributed by atoms with Gasteiger partial charge in [0.25, 0.3) is 0 Å². The number of rotatable bonds is 7. The maximum atomic E-state index is 12.4. The van der Waals surface area contributed by atoms with Gasteiger partial charge in [-0.2, -0.15) is 0 Å². The maximum Gasteiger partial charge on any atom is 0.308 e. The summed E-state index contributed by atoms with van der Waals surface area (Å²) in [6.45, 7) is 5.78. The molecule has 5 heteroatoms. The second kappa shape index (κ2) is 8.08. The molecule has 0 saturated heterocycles. The number of carboxylic acid groups (broad SMARTS) is 1. The van der Waals surface area contributed by atoms with Crippen LogP contribution in [0.5, 0.6) is 0 Å². The van der Waals surface area contributed by atoms with E-state index in [1.54, 1.807) is 23.6 Å². The smallest absolute Gasteiger partial charge is 0.308 e. The normalized spacial score (nSPS) is 12.2. The molecule has 1 N–H and O–H groups in total. The molecule has 1 aromatic carbocycles. The van der Waals surface area contributed by atoms with Crippen molar-refractivity contribution in [3.63, 3.8) is 0 Å². The van der Waals surface area contributed by atoms with E-state index in [2.05, 4.69) is 0 Å². The topological polar surface area (TPSA) is 57.6 Å². The van der Waals surface area contributed by atoms with Crippen LogP contribution in [0.15, 0.2) is 29.2 Å². The Kier molecular flexibility index (Phi) is 6.75. The largest absolute Gasteiger partial charge is 0.481 e. The van der Waals surface area contributed by atoms with Crippen LogP contribution in [0.25, 0.3) is 0 Å². The van der Waals surface area contributed by atoms with Crippen molar-refractivity contribution >= 4 is 29.3 Å². The lowest BCUT2D eigenvalue weighted by atomic mass is 10.1. The minimum atomic E-state index is -0.890. The number of carbonyl (C=O) groups excluding carboxylic acids is 1. The Morgan fingerprint density at radius 3 is 2.48 bits per heavy atom. The van der Waals surface area contributed by atoms with Gasteiger partial charge in [0.05, 0.1) is 5.92 Å². The summed E-state index contributed by atoms with van der Waals surface area (Å²) in [5.41, 5.74) is 0.764. The standard InChI is InChI=1S/C16H23NO3S/c1-11(2)8-15(18)17(10-12(3)16(19)20)13-6-5-7-14(9-13)21-4/h5-7,9,11-12H,8,10H2,1-4H3,(H,19,20). The van der Waals surface area contributed by atoms with E-state index in [9.17, 15) is 9.59 Å². The molecule has 0 radical (unpaired) electrons. The van der Waals surface area contributed by atoms with Gasteiger partial charge in [-0.3, -0.25) is 9.59 Å². The van der Waals surface area contributed by atoms with E-state index >= 15 is 0 Å². The third-order valence-electron chi connectivity index (χ3n) is 3.13. The van der Waals surface area contributed by atoms with Gasteiger partial charge in [-0.15, -0.1) is 11.8 Å². The van der Waals surface area contributed by atoms with Crippen molar-refractivity contribution in [3.05, 3.63) is 24.3 Å². The molecule has 21 heavy (non-hydrogen) atoms. The van der Waals surface area contributed by atoms with Crippen molar-refractivity contribution in [2.75, 3.05) is 17.7 Å². The number of nitrogens with zero attached hydrogens (tertiary/aromatic N) is 1. The van der Waals surface area contributed by atoms with Crippen molar-refractivity contribution in [2.24, 2.45) is 11.8 Å². The van der Waals surface area contributed by atoms with Crippen LogP contribution in [0.1, 0.15) is 27.2 Å². The second-order valence-electron chi connectivity index (χ2n) is 5.54. The first kappa shape index (κ1) is 17.6. The van der Waals surface area contributed by atoms with Gasteiger partial charge in [0.1, 0.15) is 0 Å². The molecule has 1 aromatic rings. The van der Waals surface area contributed by atoms with Crippen LogP contribution in [-0.2, 0) is 9.59 Å². The lowest BCUT2D eigenvalue weighted by Gasteiger charge is -2.26. The summed E-state index contributed by atoms with van der Waals surface area (Å²) < 4.78 is 0. The van der Waals surface area contributed by atoms with E-state index in [1.165, 1.54) is 0 Å². The van der Waals surface area contributed by atoms with Gasteiger partial charge in [0.15, 0.2) is 0 Å². The molecule has 1 unspecified atom stereocenters. The first-order valence-electron chi connectivity index (χ1n) is 7.02. The van der Waals surface area contributed by atoms with Gasteiger partial charge in [0.2, 0.25) is 5.91 Å². The van der Waals surface area contributed by atoms with Gasteiger partial charge >= 0.3 is 5.97 Å². The Morgan fingerprint density at radius 2 is 1.95 bits per heavy atom. The highest BCUT2D eigenvalue weighted by Crippen LogP contribution is 2.24. The number of carboxylic acids is 1. The number of amides is 1. The number of anilines is 1. The van der Waals surface area contributed by atoms with Crippen molar-refractivity contribution in [1.82, 2.24) is 0 Å². The monoisotopic (exact) mass is 309 g/mol. The quantitative estimate of drug-likeness (QED) is 0.783. The predicted octanol–water partition coefficient (Wildman–Crippen LogP) is 3.51. The van der Waals surface area contributed by atoms with Crippen LogP contribution in [0.3, 0.4) is 0 Å². The van der Waals surface area contributed by atoms with Gasteiger partial charge in [-0.05, 0) is 30.4 Å². The zero-order valence-electron chi connectivity index (χ0n) is 13.0. The lowest BCUT2D eigenvalue weighted by Crippen LogP contribution is -2.37. The molecule has 0 spiro atoms. The van der Waals surface area contributed by atoms with Crippen LogP contribution < -0.4 is 4.90 Å². The molecule has 116 valence electrons. The van der Waals surface area contributed by atoms with Crippen molar-refractivity contribution in [3.8, 4) is 0 Å². The number of aliphatic carboxylic acids is 1. The van der Waals surface area contributed by atoms with Crippen LogP contribution in [0, 0.1) is 11.8 Å². The highest BCUT2D eigenvalue weighted by atomic mass is 32.2. The number of hydrogen-bond donors (Lipinski definition) is 1. The molecule has 1 amide bonds. The van der Waals surface area contributed by atoms with Crippen LogP contribution in [0.4, 0.5) is 5.69 Å². The third kappa shape index (κ3) is 5.42. The third-order valence-corrected chi connectivity index (χ3v) is 3.85. The summed E-state index contributed by atoms with van der Waals surface area (Å²) in [5, 5.41) is 9.10. The second-order valence-corrected chi connectivity index (χ2v) is 6.42. The fraction of sp³-hybridized carbons (Fsp3) is 0.500. The molecule has 1 atom stereocenters. The summed E-state index contributed by atoms with van der Waals surface area (Å²) in [7, 11) is 0. The number of carbonyl (C=O) groups is 2. The average molecular weight is 309 g/mol. The number of hydrogen-bond acceptors (Lipinski definition) is 3. The van der Waals surface area contributed by atoms with E-state index < -0.39 is 11.9 Å². The van der Waals surface area contributed by atoms with E-state index in [4.69, 9.17) is 5.11 Å². The minimum absolute atomic E-state index is 0.0312. The molecule has 4 nitrogen and oxygen atoms in total. The number of benzene rings is 1. The molecule has 0 aromatic heterocycles. The minimum Gasteiger partial charge on any atom is -0.481 e. The SMILES string of the molecule is CSc1cccc(N(CC(C)C(=O)O)C(=O)CC(C)C)c1. The predicted molar refractivity (Wildman–Crippen MR) is 86.8 cm³/mol. The fourth-order valence-corrected chi connectivity index (χ4v) is 2.39. The first-order valence-corrected chi connectivity index (χ1v) is 8.24. The van der Waals surface area contributed by atoms with Gasteiger partial charge in [-0.25, -0.2) is 0 Å². The average Bonchev–Trinajstić information content (AvgIpc) is 2.43. The van der Waals surface area contributed by atoms with Crippen molar-refractivity contribution in [1.29, 1.82) is 0 Å². The maximum absolute atomic E-state index is 12.4. The van der Waals surface area contributed by atoms with Crippen LogP contribution in [-0.4, -0.2) is 29.8 Å². The molecule has 0 fully saturated rings. The molecule has 0 aliphatic carbocycles. The molecule has 0 aliphatic heterocycles. The molecule has 1 rings (SSSR count). The summed E-state index contributed by atoms with van der Waals surface area (Å²) >= 11 is 1.60. The Hall–Kier alpha value is -1.49. The van der Waals surface area contributed by atoms with Gasteiger partial charge < -0.3 is 10.0 Å². The molecule has 0 heterocycles. The summed E-state index contributed by atoms with van der Waals surface area (Å²) in [6, 6.07) is 7.64. The highest BCUT2D eigenvalue weighted by molar-refractivity contribution is 7.98. The van der Waals surface area contributed by atoms with Crippen molar-refractivity contribution in [2.45, 2.75) is 32.1 Å². The molecular weight excluding hydrogens is 286 g/mol. The Bertz CT molecular complexity index is 502. The van der Waals surface area contributed by atoms with E-state index in [0.29, 0.717) is 6.42 Å². The molecular formula is C16H23NO3S. The summed E-state index contributed by atoms with van der Waals surface area (Å²) in [5.74, 6) is -1.28. The zero-order valence-corrected chi connectivity index (χ0v) is 13.8.